The number of hydrogen-bond donors (Lipinski definition) is 0. The van der Waals surface area contributed by atoms with Crippen molar-refractivity contribution in [1.29, 1.82) is 5.26 Å². The fourth-order valence-electron chi connectivity index (χ4n) is 1.79. The van der Waals surface area contributed by atoms with E-state index in [-0.39, 0.29) is 12.0 Å². The molecule has 1 aromatic carbocycles. The van der Waals surface area contributed by atoms with Crippen molar-refractivity contribution in [1.82, 2.24) is 4.90 Å². The second-order valence-corrected chi connectivity index (χ2v) is 4.41. The summed E-state index contributed by atoms with van der Waals surface area (Å²) in [5.41, 5.74) is 1.09. The molecule has 0 saturated carbocycles. The molecule has 1 aromatic rings. The van der Waals surface area contributed by atoms with Gasteiger partial charge in [0.05, 0.1) is 13.2 Å². The van der Waals surface area contributed by atoms with Crippen LogP contribution in [0.2, 0.25) is 0 Å². The van der Waals surface area contributed by atoms with Crippen LogP contribution in [0.25, 0.3) is 0 Å². The Morgan fingerprint density at radius 2 is 2.11 bits per heavy atom. The maximum absolute atomic E-state index is 11.3. The third kappa shape index (κ3) is 5.43. The van der Waals surface area contributed by atoms with Crippen LogP contribution in [0.3, 0.4) is 0 Å². The number of ether oxygens (including phenoxy) is 1. The molecule has 102 valence electrons. The van der Waals surface area contributed by atoms with Crippen LogP contribution in [-0.2, 0) is 16.1 Å². The molecule has 0 heterocycles. The van der Waals surface area contributed by atoms with Crippen molar-refractivity contribution < 1.29 is 9.53 Å². The Morgan fingerprint density at radius 1 is 1.42 bits per heavy atom. The lowest BCUT2D eigenvalue weighted by Gasteiger charge is -2.23. The quantitative estimate of drug-likeness (QED) is 0.430. The average molecular weight is 260 g/mol. The summed E-state index contributed by atoms with van der Waals surface area (Å²) in [5.74, 6) is -0.202. The van der Waals surface area contributed by atoms with E-state index in [4.69, 9.17) is 4.74 Å². The molecule has 0 N–H and O–H groups in total. The minimum Gasteiger partial charge on any atom is -0.466 e. The van der Waals surface area contributed by atoms with Crippen LogP contribution < -0.4 is 0 Å². The smallest absolute Gasteiger partial charge is 0.305 e. The molecule has 0 saturated heterocycles. The number of carbonyl (C=O) groups is 1. The SMILES string of the molecule is CCOC(=O)CCC(C)N(C#N)Cc1ccccc1. The van der Waals surface area contributed by atoms with Gasteiger partial charge in [-0.3, -0.25) is 4.79 Å². The number of benzene rings is 1. The van der Waals surface area contributed by atoms with Crippen molar-refractivity contribution >= 4 is 5.97 Å². The fraction of sp³-hybridized carbons (Fsp3) is 0.467. The molecule has 0 aromatic heterocycles. The molecular weight excluding hydrogens is 240 g/mol. The molecule has 0 bridgehead atoms. The molecule has 0 aliphatic heterocycles. The Balaban J connectivity index is 2.46. The molecule has 0 aliphatic carbocycles. The number of nitrogens with zero attached hydrogens (tertiary/aromatic N) is 2. The number of rotatable bonds is 7. The van der Waals surface area contributed by atoms with Crippen molar-refractivity contribution in [2.24, 2.45) is 0 Å². The fourth-order valence-corrected chi connectivity index (χ4v) is 1.79. The molecule has 0 radical (unpaired) electrons. The zero-order valence-electron chi connectivity index (χ0n) is 11.5. The number of nitriles is 1. The van der Waals surface area contributed by atoms with E-state index in [1.165, 1.54) is 0 Å². The van der Waals surface area contributed by atoms with Crippen LogP contribution >= 0.6 is 0 Å². The van der Waals surface area contributed by atoms with Crippen molar-refractivity contribution in [3.63, 3.8) is 0 Å². The highest BCUT2D eigenvalue weighted by molar-refractivity contribution is 5.69. The van der Waals surface area contributed by atoms with Crippen LogP contribution in [0, 0.1) is 11.5 Å². The van der Waals surface area contributed by atoms with Crippen LogP contribution in [-0.4, -0.2) is 23.5 Å². The van der Waals surface area contributed by atoms with Gasteiger partial charge in [0.2, 0.25) is 0 Å². The summed E-state index contributed by atoms with van der Waals surface area (Å²) in [6, 6.07) is 9.85. The lowest BCUT2D eigenvalue weighted by atomic mass is 10.1. The van der Waals surface area contributed by atoms with Crippen LogP contribution in [0.5, 0.6) is 0 Å². The predicted octanol–water partition coefficient (Wildman–Crippen LogP) is 2.70. The summed E-state index contributed by atoms with van der Waals surface area (Å²) in [4.78, 5) is 13.0. The first kappa shape index (κ1) is 15.0. The first-order chi connectivity index (χ1) is 9.17. The van der Waals surface area contributed by atoms with Gasteiger partial charge in [-0.15, -0.1) is 0 Å². The zero-order chi connectivity index (χ0) is 14.1. The molecule has 1 rings (SSSR count). The Kier molecular flexibility index (Phi) is 6.45. The second-order valence-electron chi connectivity index (χ2n) is 4.41. The lowest BCUT2D eigenvalue weighted by molar-refractivity contribution is -0.143. The summed E-state index contributed by atoms with van der Waals surface area (Å²) in [6.07, 6.45) is 3.16. The molecule has 4 nitrogen and oxygen atoms in total. The van der Waals surface area contributed by atoms with Gasteiger partial charge in [0.25, 0.3) is 0 Å². The normalized spacial score (nSPS) is 11.4. The lowest BCUT2D eigenvalue weighted by Crippen LogP contribution is -2.28. The number of esters is 1. The summed E-state index contributed by atoms with van der Waals surface area (Å²) >= 11 is 0. The third-order valence-corrected chi connectivity index (χ3v) is 2.93. The molecule has 4 heteroatoms. The van der Waals surface area contributed by atoms with E-state index in [0.29, 0.717) is 26.0 Å². The Bertz CT molecular complexity index is 426. The van der Waals surface area contributed by atoms with Crippen LogP contribution in [0.4, 0.5) is 0 Å². The van der Waals surface area contributed by atoms with Gasteiger partial charge in [-0.25, -0.2) is 0 Å². The first-order valence-electron chi connectivity index (χ1n) is 6.53. The predicted molar refractivity (Wildman–Crippen MR) is 72.9 cm³/mol. The highest BCUT2D eigenvalue weighted by Gasteiger charge is 2.14. The van der Waals surface area contributed by atoms with Crippen molar-refractivity contribution in [3.05, 3.63) is 35.9 Å². The molecule has 0 aliphatic rings. The van der Waals surface area contributed by atoms with E-state index in [2.05, 4.69) is 6.19 Å². The van der Waals surface area contributed by atoms with E-state index < -0.39 is 0 Å². The molecule has 0 amide bonds. The van der Waals surface area contributed by atoms with Crippen molar-refractivity contribution in [2.45, 2.75) is 39.3 Å². The minimum atomic E-state index is -0.202. The zero-order valence-corrected chi connectivity index (χ0v) is 11.5. The summed E-state index contributed by atoms with van der Waals surface area (Å²) < 4.78 is 4.88. The van der Waals surface area contributed by atoms with Gasteiger partial charge < -0.3 is 9.64 Å². The van der Waals surface area contributed by atoms with E-state index in [0.717, 1.165) is 5.56 Å². The topological polar surface area (TPSA) is 53.3 Å². The Labute approximate surface area is 114 Å². The maximum atomic E-state index is 11.3. The standard InChI is InChI=1S/C15H20N2O2/c1-3-19-15(18)10-9-13(2)17(12-16)11-14-7-5-4-6-8-14/h4-8,13H,3,9-11H2,1-2H3. The molecular formula is C15H20N2O2. The van der Waals surface area contributed by atoms with Crippen molar-refractivity contribution in [2.75, 3.05) is 6.61 Å². The summed E-state index contributed by atoms with van der Waals surface area (Å²) in [5, 5.41) is 9.19. The van der Waals surface area contributed by atoms with Gasteiger partial charge in [-0.1, -0.05) is 30.3 Å². The van der Waals surface area contributed by atoms with Gasteiger partial charge in [-0.2, -0.15) is 5.26 Å². The summed E-state index contributed by atoms with van der Waals surface area (Å²) in [6.45, 7) is 4.71. The molecule has 1 unspecified atom stereocenters. The third-order valence-electron chi connectivity index (χ3n) is 2.93. The van der Waals surface area contributed by atoms with Gasteiger partial charge in [-0.05, 0) is 25.8 Å². The van der Waals surface area contributed by atoms with Crippen LogP contribution in [0.15, 0.2) is 30.3 Å². The Hall–Kier alpha value is -2.02. The summed E-state index contributed by atoms with van der Waals surface area (Å²) in [7, 11) is 0. The average Bonchev–Trinajstić information content (AvgIpc) is 2.43. The Morgan fingerprint density at radius 3 is 2.68 bits per heavy atom. The van der Waals surface area contributed by atoms with Gasteiger partial charge >= 0.3 is 5.97 Å². The molecule has 19 heavy (non-hydrogen) atoms. The van der Waals surface area contributed by atoms with Gasteiger partial charge in [0, 0.05) is 12.5 Å². The van der Waals surface area contributed by atoms with Gasteiger partial charge in [0.1, 0.15) is 0 Å². The number of hydrogen-bond acceptors (Lipinski definition) is 4. The molecule has 0 fully saturated rings. The molecule has 1 atom stereocenters. The maximum Gasteiger partial charge on any atom is 0.305 e. The number of carbonyl (C=O) groups excluding carboxylic acids is 1. The van der Waals surface area contributed by atoms with Crippen LogP contribution in [0.1, 0.15) is 32.3 Å². The van der Waals surface area contributed by atoms with E-state index >= 15 is 0 Å². The largest absolute Gasteiger partial charge is 0.466 e. The van der Waals surface area contributed by atoms with E-state index in [9.17, 15) is 10.1 Å². The van der Waals surface area contributed by atoms with Gasteiger partial charge in [0.15, 0.2) is 6.19 Å². The van der Waals surface area contributed by atoms with E-state index in [1.54, 1.807) is 11.8 Å². The highest BCUT2D eigenvalue weighted by atomic mass is 16.5. The second kappa shape index (κ2) is 8.15. The van der Waals surface area contributed by atoms with E-state index in [1.807, 2.05) is 37.3 Å². The molecule has 0 spiro atoms. The highest BCUT2D eigenvalue weighted by Crippen LogP contribution is 2.11. The minimum absolute atomic E-state index is 0.0228. The first-order valence-corrected chi connectivity index (χ1v) is 6.53. The monoisotopic (exact) mass is 260 g/mol. The van der Waals surface area contributed by atoms with Crippen molar-refractivity contribution in [3.8, 4) is 6.19 Å².